The van der Waals surface area contributed by atoms with E-state index in [1.807, 2.05) is 4.90 Å². The van der Waals surface area contributed by atoms with Gasteiger partial charge in [-0.25, -0.2) is 0 Å². The minimum Gasteiger partial charge on any atom is -0.334 e. The number of nitrogens with zero attached hydrogens (tertiary/aromatic N) is 1. The fourth-order valence-corrected chi connectivity index (χ4v) is 3.79. The highest BCUT2D eigenvalue weighted by Crippen LogP contribution is 2.35. The quantitative estimate of drug-likeness (QED) is 0.793. The normalized spacial score (nSPS) is 16.4. The smallest absolute Gasteiger partial charge is 0.256 e. The molecule has 0 bridgehead atoms. The van der Waals surface area contributed by atoms with Gasteiger partial charge in [0, 0.05) is 13.1 Å². The van der Waals surface area contributed by atoms with E-state index in [0.29, 0.717) is 5.92 Å². The molecule has 1 aliphatic heterocycles. The van der Waals surface area contributed by atoms with Crippen LogP contribution in [0.4, 0.5) is 0 Å². The molecule has 0 spiro atoms. The van der Waals surface area contributed by atoms with E-state index in [1.165, 1.54) is 24.8 Å². The number of unbranched alkanes of at least 4 members (excludes halogenated alkanes) is 1. The van der Waals surface area contributed by atoms with E-state index in [0.717, 1.165) is 22.4 Å². The first-order valence-electron chi connectivity index (χ1n) is 6.18. The van der Waals surface area contributed by atoms with Gasteiger partial charge in [-0.15, -0.1) is 11.3 Å². The zero-order valence-electron chi connectivity index (χ0n) is 10.3. The molecule has 0 saturated heterocycles. The maximum absolute atomic E-state index is 12.2. The average Bonchev–Trinajstić information content (AvgIpc) is 2.79. The van der Waals surface area contributed by atoms with Crippen LogP contribution in [-0.2, 0) is 6.54 Å². The predicted octanol–water partition coefficient (Wildman–Crippen LogP) is 4.29. The zero-order valence-corrected chi connectivity index (χ0v) is 12.7. The zero-order chi connectivity index (χ0) is 12.4. The lowest BCUT2D eigenvalue weighted by Gasteiger charge is -2.20. The topological polar surface area (TPSA) is 20.3 Å². The third kappa shape index (κ3) is 2.74. The van der Waals surface area contributed by atoms with Crippen LogP contribution < -0.4 is 0 Å². The van der Waals surface area contributed by atoms with Crippen molar-refractivity contribution >= 4 is 33.2 Å². The number of thiophene rings is 1. The third-order valence-electron chi connectivity index (χ3n) is 3.27. The number of amides is 1. The highest BCUT2D eigenvalue weighted by Gasteiger charge is 2.31. The Kier molecular flexibility index (Phi) is 4.26. The first-order valence-corrected chi connectivity index (χ1v) is 7.85. The first-order chi connectivity index (χ1) is 8.13. The van der Waals surface area contributed by atoms with Crippen molar-refractivity contribution in [3.8, 4) is 0 Å². The van der Waals surface area contributed by atoms with E-state index in [1.54, 1.807) is 11.3 Å². The maximum Gasteiger partial charge on any atom is 0.256 e. The summed E-state index contributed by atoms with van der Waals surface area (Å²) in [7, 11) is 0. The molecule has 1 amide bonds. The van der Waals surface area contributed by atoms with Crippen LogP contribution in [-0.4, -0.2) is 17.4 Å². The Morgan fingerprint density at radius 3 is 3.00 bits per heavy atom. The van der Waals surface area contributed by atoms with Crippen molar-refractivity contribution in [3.63, 3.8) is 0 Å². The molecule has 2 nitrogen and oxygen atoms in total. The van der Waals surface area contributed by atoms with Crippen molar-refractivity contribution in [2.75, 3.05) is 6.54 Å². The van der Waals surface area contributed by atoms with Gasteiger partial charge in [-0.1, -0.05) is 26.7 Å². The molecular formula is C13H18BrNOS. The number of halogens is 1. The number of hydrogen-bond acceptors (Lipinski definition) is 2. The SMILES string of the molecule is CCCCC(C)CN1Cc2csc(Br)c2C1=O. The highest BCUT2D eigenvalue weighted by atomic mass is 79.9. The largest absolute Gasteiger partial charge is 0.334 e. The molecule has 2 heterocycles. The van der Waals surface area contributed by atoms with E-state index in [9.17, 15) is 4.79 Å². The minimum atomic E-state index is 0.205. The van der Waals surface area contributed by atoms with Gasteiger partial charge in [0.1, 0.15) is 0 Å². The Morgan fingerprint density at radius 2 is 2.35 bits per heavy atom. The van der Waals surface area contributed by atoms with Crippen LogP contribution in [0.15, 0.2) is 9.17 Å². The number of carbonyl (C=O) groups excluding carboxylic acids is 1. The van der Waals surface area contributed by atoms with Gasteiger partial charge in [0.15, 0.2) is 0 Å². The molecule has 4 heteroatoms. The molecule has 0 aromatic carbocycles. The summed E-state index contributed by atoms with van der Waals surface area (Å²) in [6, 6.07) is 0. The highest BCUT2D eigenvalue weighted by molar-refractivity contribution is 9.11. The van der Waals surface area contributed by atoms with E-state index < -0.39 is 0 Å². The Balaban J connectivity index is 1.96. The number of carbonyl (C=O) groups is 1. The summed E-state index contributed by atoms with van der Waals surface area (Å²) < 4.78 is 0.987. The predicted molar refractivity (Wildman–Crippen MR) is 75.4 cm³/mol. The van der Waals surface area contributed by atoms with Gasteiger partial charge < -0.3 is 4.90 Å². The third-order valence-corrected chi connectivity index (χ3v) is 5.04. The monoisotopic (exact) mass is 315 g/mol. The molecule has 1 aromatic heterocycles. The molecule has 0 saturated carbocycles. The number of rotatable bonds is 5. The molecule has 0 radical (unpaired) electrons. The summed E-state index contributed by atoms with van der Waals surface area (Å²) in [6.45, 7) is 6.14. The summed E-state index contributed by atoms with van der Waals surface area (Å²) in [5.74, 6) is 0.807. The molecule has 0 fully saturated rings. The van der Waals surface area contributed by atoms with Crippen LogP contribution in [0.2, 0.25) is 0 Å². The molecule has 0 N–H and O–H groups in total. The number of hydrogen-bond donors (Lipinski definition) is 0. The molecule has 1 aliphatic rings. The maximum atomic E-state index is 12.2. The second kappa shape index (κ2) is 5.53. The summed E-state index contributed by atoms with van der Waals surface area (Å²) in [5.41, 5.74) is 2.09. The van der Waals surface area contributed by atoms with Gasteiger partial charge in [-0.2, -0.15) is 0 Å². The van der Waals surface area contributed by atoms with Gasteiger partial charge in [0.25, 0.3) is 5.91 Å². The molecule has 1 atom stereocenters. The lowest BCUT2D eigenvalue weighted by atomic mass is 10.0. The van der Waals surface area contributed by atoms with Crippen LogP contribution in [0.3, 0.4) is 0 Å². The van der Waals surface area contributed by atoms with Crippen molar-refractivity contribution in [1.82, 2.24) is 4.90 Å². The fraction of sp³-hybridized carbons (Fsp3) is 0.615. The summed E-state index contributed by atoms with van der Waals surface area (Å²) in [5, 5.41) is 2.09. The van der Waals surface area contributed by atoms with E-state index in [-0.39, 0.29) is 5.91 Å². The van der Waals surface area contributed by atoms with E-state index >= 15 is 0 Å². The molecule has 17 heavy (non-hydrogen) atoms. The van der Waals surface area contributed by atoms with Crippen molar-refractivity contribution in [1.29, 1.82) is 0 Å². The minimum absolute atomic E-state index is 0.205. The van der Waals surface area contributed by atoms with Crippen LogP contribution >= 0.6 is 27.3 Å². The van der Waals surface area contributed by atoms with E-state index in [4.69, 9.17) is 0 Å². The molecular weight excluding hydrogens is 298 g/mol. The number of fused-ring (bicyclic) bond motifs is 1. The lowest BCUT2D eigenvalue weighted by molar-refractivity contribution is 0.0752. The molecule has 1 unspecified atom stereocenters. The standard InChI is InChI=1S/C13H18BrNOS/c1-3-4-5-9(2)6-15-7-10-8-17-12(14)11(10)13(15)16/h8-9H,3-7H2,1-2H3. The molecule has 2 rings (SSSR count). The Morgan fingerprint density at radius 1 is 1.59 bits per heavy atom. The summed E-state index contributed by atoms with van der Waals surface area (Å²) >= 11 is 5.08. The summed E-state index contributed by atoms with van der Waals surface area (Å²) in [6.07, 6.45) is 3.71. The van der Waals surface area contributed by atoms with Crippen molar-refractivity contribution in [3.05, 3.63) is 20.3 Å². The molecule has 0 aliphatic carbocycles. The van der Waals surface area contributed by atoms with Crippen LogP contribution in [0, 0.1) is 5.92 Å². The van der Waals surface area contributed by atoms with Crippen LogP contribution in [0.25, 0.3) is 0 Å². The van der Waals surface area contributed by atoms with Crippen molar-refractivity contribution in [2.24, 2.45) is 5.92 Å². The summed E-state index contributed by atoms with van der Waals surface area (Å²) in [4.78, 5) is 14.2. The first kappa shape index (κ1) is 13.1. The molecule has 94 valence electrons. The Labute approximate surface area is 115 Å². The van der Waals surface area contributed by atoms with Gasteiger partial charge >= 0.3 is 0 Å². The van der Waals surface area contributed by atoms with Crippen LogP contribution in [0.5, 0.6) is 0 Å². The second-order valence-corrected chi connectivity index (χ2v) is 7.04. The van der Waals surface area contributed by atoms with Crippen molar-refractivity contribution < 1.29 is 4.79 Å². The Bertz CT molecular complexity index is 416. The lowest BCUT2D eigenvalue weighted by Crippen LogP contribution is -2.29. The fourth-order valence-electron chi connectivity index (χ4n) is 2.31. The molecule has 1 aromatic rings. The Hall–Kier alpha value is -0.350. The van der Waals surface area contributed by atoms with Gasteiger partial charge in [0.2, 0.25) is 0 Å². The van der Waals surface area contributed by atoms with Crippen LogP contribution in [0.1, 0.15) is 49.0 Å². The van der Waals surface area contributed by atoms with Gasteiger partial charge in [-0.3, -0.25) is 4.79 Å². The van der Waals surface area contributed by atoms with E-state index in [2.05, 4.69) is 35.2 Å². The van der Waals surface area contributed by atoms with Gasteiger partial charge in [-0.05, 0) is 39.2 Å². The van der Waals surface area contributed by atoms with Gasteiger partial charge in [0.05, 0.1) is 9.35 Å². The van der Waals surface area contributed by atoms with Crippen molar-refractivity contribution in [2.45, 2.75) is 39.7 Å². The second-order valence-electron chi connectivity index (χ2n) is 4.84. The average molecular weight is 316 g/mol.